The predicted molar refractivity (Wildman–Crippen MR) is 73.6 cm³/mol. The summed E-state index contributed by atoms with van der Waals surface area (Å²) in [6, 6.07) is 4.29. The number of nitrogens with one attached hydrogen (secondary N) is 1. The zero-order chi connectivity index (χ0) is 13.5. The summed E-state index contributed by atoms with van der Waals surface area (Å²) in [4.78, 5) is 0. The average molecular weight is 252 g/mol. The zero-order valence-corrected chi connectivity index (χ0v) is 11.7. The van der Waals surface area contributed by atoms with Crippen molar-refractivity contribution in [3.8, 4) is 5.75 Å². The Balaban J connectivity index is 2.88. The number of nitrogens with two attached hydrogens (primary N) is 1. The molecule has 0 heterocycles. The highest BCUT2D eigenvalue weighted by molar-refractivity contribution is 5.42. The van der Waals surface area contributed by atoms with Crippen LogP contribution in [0.5, 0.6) is 5.75 Å². The highest BCUT2D eigenvalue weighted by Gasteiger charge is 2.14. The van der Waals surface area contributed by atoms with E-state index < -0.39 is 0 Å². The van der Waals surface area contributed by atoms with E-state index in [0.717, 1.165) is 24.3 Å². The molecule has 0 fully saturated rings. The fourth-order valence-electron chi connectivity index (χ4n) is 2.08. The third kappa shape index (κ3) is 3.70. The van der Waals surface area contributed by atoms with Crippen LogP contribution in [0.15, 0.2) is 12.1 Å². The molecular weight excluding hydrogens is 228 g/mol. The standard InChI is InChI=1S/C14H24N2O2/c1-5-18-7-6-13(16-15)12-8-11(3)14(17-4)9-10(12)2/h8-9,13,16H,5-7,15H2,1-4H3. The van der Waals surface area contributed by atoms with Gasteiger partial charge in [-0.05, 0) is 49.9 Å². The van der Waals surface area contributed by atoms with E-state index in [-0.39, 0.29) is 6.04 Å². The molecule has 4 nitrogen and oxygen atoms in total. The monoisotopic (exact) mass is 252 g/mol. The van der Waals surface area contributed by atoms with Crippen LogP contribution in [0.3, 0.4) is 0 Å². The summed E-state index contributed by atoms with van der Waals surface area (Å²) in [5.41, 5.74) is 6.36. The summed E-state index contributed by atoms with van der Waals surface area (Å²) in [7, 11) is 1.69. The van der Waals surface area contributed by atoms with Gasteiger partial charge in [0.25, 0.3) is 0 Å². The molecule has 1 unspecified atom stereocenters. The molecule has 1 aromatic rings. The van der Waals surface area contributed by atoms with Gasteiger partial charge in [0.15, 0.2) is 0 Å². The molecule has 0 radical (unpaired) electrons. The Morgan fingerprint density at radius 2 is 2.00 bits per heavy atom. The quantitative estimate of drug-likeness (QED) is 0.444. The molecule has 102 valence electrons. The second kappa shape index (κ2) is 7.36. The Bertz CT molecular complexity index is 380. The summed E-state index contributed by atoms with van der Waals surface area (Å²) in [6.07, 6.45) is 0.858. The molecule has 1 aromatic carbocycles. The summed E-state index contributed by atoms with van der Waals surface area (Å²) in [6.45, 7) is 7.54. The molecule has 0 spiro atoms. The lowest BCUT2D eigenvalue weighted by molar-refractivity contribution is 0.136. The fourth-order valence-corrected chi connectivity index (χ4v) is 2.08. The molecule has 0 saturated heterocycles. The number of rotatable bonds is 7. The van der Waals surface area contributed by atoms with Crippen LogP contribution >= 0.6 is 0 Å². The number of aryl methyl sites for hydroxylation is 2. The van der Waals surface area contributed by atoms with Crippen LogP contribution in [-0.4, -0.2) is 20.3 Å². The maximum atomic E-state index is 5.64. The first kappa shape index (κ1) is 15.0. The molecule has 4 heteroatoms. The summed E-state index contributed by atoms with van der Waals surface area (Å²) in [5.74, 6) is 6.55. The fraction of sp³-hybridized carbons (Fsp3) is 0.571. The van der Waals surface area contributed by atoms with Gasteiger partial charge in [-0.3, -0.25) is 11.3 Å². The minimum Gasteiger partial charge on any atom is -0.496 e. The van der Waals surface area contributed by atoms with Crippen molar-refractivity contribution in [2.24, 2.45) is 5.84 Å². The van der Waals surface area contributed by atoms with Crippen molar-refractivity contribution >= 4 is 0 Å². The number of methoxy groups -OCH3 is 1. The van der Waals surface area contributed by atoms with Gasteiger partial charge < -0.3 is 9.47 Å². The SMILES string of the molecule is CCOCCC(NN)c1cc(C)c(OC)cc1C. The normalized spacial score (nSPS) is 12.5. The van der Waals surface area contributed by atoms with Crippen molar-refractivity contribution in [2.45, 2.75) is 33.2 Å². The molecule has 0 aromatic heterocycles. The predicted octanol–water partition coefficient (Wildman–Crippen LogP) is 2.24. The van der Waals surface area contributed by atoms with E-state index in [1.807, 2.05) is 13.8 Å². The van der Waals surface area contributed by atoms with E-state index in [4.69, 9.17) is 15.3 Å². The van der Waals surface area contributed by atoms with Gasteiger partial charge in [-0.25, -0.2) is 0 Å². The van der Waals surface area contributed by atoms with Crippen molar-refractivity contribution in [3.63, 3.8) is 0 Å². The largest absolute Gasteiger partial charge is 0.496 e. The van der Waals surface area contributed by atoms with Crippen molar-refractivity contribution in [3.05, 3.63) is 28.8 Å². The molecular formula is C14H24N2O2. The molecule has 0 amide bonds. The summed E-state index contributed by atoms with van der Waals surface area (Å²) < 4.78 is 10.7. The van der Waals surface area contributed by atoms with Crippen molar-refractivity contribution < 1.29 is 9.47 Å². The van der Waals surface area contributed by atoms with E-state index in [0.29, 0.717) is 6.61 Å². The van der Waals surface area contributed by atoms with Crippen LogP contribution in [0.1, 0.15) is 36.1 Å². The number of benzene rings is 1. The first-order chi connectivity index (χ1) is 8.63. The van der Waals surface area contributed by atoms with Gasteiger partial charge >= 0.3 is 0 Å². The highest BCUT2D eigenvalue weighted by atomic mass is 16.5. The average Bonchev–Trinajstić information content (AvgIpc) is 2.37. The molecule has 0 aliphatic carbocycles. The number of hydrogen-bond donors (Lipinski definition) is 2. The smallest absolute Gasteiger partial charge is 0.122 e. The van der Waals surface area contributed by atoms with Gasteiger partial charge in [-0.15, -0.1) is 0 Å². The second-order valence-electron chi connectivity index (χ2n) is 4.38. The molecule has 0 saturated carbocycles. The third-order valence-electron chi connectivity index (χ3n) is 3.12. The minimum absolute atomic E-state index is 0.112. The Morgan fingerprint density at radius 1 is 1.28 bits per heavy atom. The van der Waals surface area contributed by atoms with E-state index in [1.54, 1.807) is 7.11 Å². The van der Waals surface area contributed by atoms with E-state index in [2.05, 4.69) is 24.5 Å². The molecule has 0 aliphatic heterocycles. The Hall–Kier alpha value is -1.10. The summed E-state index contributed by atoms with van der Waals surface area (Å²) in [5, 5.41) is 0. The van der Waals surface area contributed by atoms with Crippen LogP contribution in [0.2, 0.25) is 0 Å². The lowest BCUT2D eigenvalue weighted by Gasteiger charge is -2.20. The van der Waals surface area contributed by atoms with Gasteiger partial charge in [-0.2, -0.15) is 0 Å². The van der Waals surface area contributed by atoms with E-state index in [9.17, 15) is 0 Å². The minimum atomic E-state index is 0.112. The molecule has 3 N–H and O–H groups in total. The molecule has 1 atom stereocenters. The number of hydrazine groups is 1. The summed E-state index contributed by atoms with van der Waals surface area (Å²) >= 11 is 0. The van der Waals surface area contributed by atoms with Crippen LogP contribution in [0.25, 0.3) is 0 Å². The topological polar surface area (TPSA) is 56.5 Å². The Kier molecular flexibility index (Phi) is 6.12. The third-order valence-corrected chi connectivity index (χ3v) is 3.12. The van der Waals surface area contributed by atoms with Crippen molar-refractivity contribution in [1.82, 2.24) is 5.43 Å². The van der Waals surface area contributed by atoms with Gasteiger partial charge in [0, 0.05) is 19.3 Å². The molecule has 18 heavy (non-hydrogen) atoms. The number of ether oxygens (including phenoxy) is 2. The molecule has 1 rings (SSSR count). The van der Waals surface area contributed by atoms with Gasteiger partial charge in [0.05, 0.1) is 7.11 Å². The second-order valence-corrected chi connectivity index (χ2v) is 4.38. The maximum Gasteiger partial charge on any atom is 0.122 e. The van der Waals surface area contributed by atoms with Crippen LogP contribution in [-0.2, 0) is 4.74 Å². The Morgan fingerprint density at radius 3 is 2.56 bits per heavy atom. The Labute approximate surface area is 109 Å². The molecule has 0 bridgehead atoms. The van der Waals surface area contributed by atoms with Crippen molar-refractivity contribution in [2.75, 3.05) is 20.3 Å². The lowest BCUT2D eigenvalue weighted by Crippen LogP contribution is -2.29. The van der Waals surface area contributed by atoms with Gasteiger partial charge in [-0.1, -0.05) is 6.07 Å². The van der Waals surface area contributed by atoms with Gasteiger partial charge in [0.2, 0.25) is 0 Å². The highest BCUT2D eigenvalue weighted by Crippen LogP contribution is 2.27. The van der Waals surface area contributed by atoms with Gasteiger partial charge in [0.1, 0.15) is 5.75 Å². The maximum absolute atomic E-state index is 5.64. The number of hydrogen-bond acceptors (Lipinski definition) is 4. The van der Waals surface area contributed by atoms with E-state index >= 15 is 0 Å². The van der Waals surface area contributed by atoms with Crippen LogP contribution < -0.4 is 16.0 Å². The van der Waals surface area contributed by atoms with Crippen LogP contribution in [0, 0.1) is 13.8 Å². The van der Waals surface area contributed by atoms with Crippen molar-refractivity contribution in [1.29, 1.82) is 0 Å². The molecule has 0 aliphatic rings. The van der Waals surface area contributed by atoms with Crippen LogP contribution in [0.4, 0.5) is 0 Å². The lowest BCUT2D eigenvalue weighted by atomic mass is 9.97. The zero-order valence-electron chi connectivity index (χ0n) is 11.7. The first-order valence-electron chi connectivity index (χ1n) is 6.33. The first-order valence-corrected chi connectivity index (χ1v) is 6.33. The van der Waals surface area contributed by atoms with E-state index in [1.165, 1.54) is 11.1 Å².